The van der Waals surface area contributed by atoms with E-state index in [-0.39, 0.29) is 11.7 Å². The number of methoxy groups -OCH3 is 2. The zero-order valence-corrected chi connectivity index (χ0v) is 16.3. The number of nitrogens with one attached hydrogen (secondary N) is 1. The summed E-state index contributed by atoms with van der Waals surface area (Å²) in [4.78, 5) is 28.3. The number of carbonyl (C=O) groups excluding carboxylic acids is 2. The van der Waals surface area contributed by atoms with E-state index in [2.05, 4.69) is 5.32 Å². The molecule has 1 amide bonds. The van der Waals surface area contributed by atoms with Gasteiger partial charge in [-0.1, -0.05) is 12.1 Å². The molecule has 2 aromatic rings. The van der Waals surface area contributed by atoms with Crippen LogP contribution in [0, 0.1) is 0 Å². The number of nitrogens with zero attached hydrogens (tertiary/aromatic N) is 1. The molecule has 0 spiro atoms. The second-order valence-electron chi connectivity index (χ2n) is 6.71. The van der Waals surface area contributed by atoms with Crippen LogP contribution in [0.1, 0.15) is 30.9 Å². The lowest BCUT2D eigenvalue weighted by Gasteiger charge is -2.20. The minimum absolute atomic E-state index is 0.112. The minimum atomic E-state index is -0.400. The quantitative estimate of drug-likeness (QED) is 0.833. The Kier molecular flexibility index (Phi) is 6.09. The average Bonchev–Trinajstić information content (AvgIpc) is 2.70. The predicted octanol–water partition coefficient (Wildman–Crippen LogP) is 3.43. The molecule has 1 atom stereocenters. The summed E-state index contributed by atoms with van der Waals surface area (Å²) in [5.74, 6) is 1.34. The van der Waals surface area contributed by atoms with Crippen molar-refractivity contribution in [2.75, 3.05) is 19.5 Å². The Balaban J connectivity index is 1.79. The maximum atomic E-state index is 12.4. The number of hydrogen-bond donors (Lipinski definition) is 1. The van der Waals surface area contributed by atoms with E-state index in [1.54, 1.807) is 14.2 Å². The molecule has 0 saturated heterocycles. The SMILES string of the molecule is COc1ccc(C2=NC(Cc3ccc(NC(C)=O)cc3)C(=O)CC2)cc1OC. The highest BCUT2D eigenvalue weighted by atomic mass is 16.5. The summed E-state index contributed by atoms with van der Waals surface area (Å²) in [6.07, 6.45) is 1.63. The van der Waals surface area contributed by atoms with Crippen molar-refractivity contribution >= 4 is 23.1 Å². The molecule has 6 heteroatoms. The first-order valence-electron chi connectivity index (χ1n) is 9.18. The van der Waals surface area contributed by atoms with Gasteiger partial charge in [0.15, 0.2) is 17.3 Å². The van der Waals surface area contributed by atoms with Gasteiger partial charge in [-0.25, -0.2) is 0 Å². The maximum Gasteiger partial charge on any atom is 0.221 e. The lowest BCUT2D eigenvalue weighted by Crippen LogP contribution is -2.28. The molecule has 2 aromatic carbocycles. The van der Waals surface area contributed by atoms with Crippen LogP contribution in [-0.4, -0.2) is 37.7 Å². The van der Waals surface area contributed by atoms with Crippen molar-refractivity contribution in [3.05, 3.63) is 53.6 Å². The van der Waals surface area contributed by atoms with Crippen LogP contribution < -0.4 is 14.8 Å². The number of hydrogen-bond acceptors (Lipinski definition) is 5. The minimum Gasteiger partial charge on any atom is -0.493 e. The van der Waals surface area contributed by atoms with Crippen LogP contribution in [0.15, 0.2) is 47.5 Å². The number of rotatable bonds is 6. The number of anilines is 1. The number of Topliss-reactive ketones (excluding diaryl/α,β-unsaturated/α-hetero) is 1. The highest BCUT2D eigenvalue weighted by molar-refractivity contribution is 6.06. The van der Waals surface area contributed by atoms with E-state index in [9.17, 15) is 9.59 Å². The molecule has 146 valence electrons. The van der Waals surface area contributed by atoms with E-state index in [1.165, 1.54) is 6.92 Å². The van der Waals surface area contributed by atoms with Gasteiger partial charge >= 0.3 is 0 Å². The fourth-order valence-corrected chi connectivity index (χ4v) is 3.28. The van der Waals surface area contributed by atoms with Gasteiger partial charge in [-0.2, -0.15) is 0 Å². The molecular formula is C22H24N2O4. The highest BCUT2D eigenvalue weighted by Gasteiger charge is 2.25. The van der Waals surface area contributed by atoms with Gasteiger partial charge in [-0.05, 0) is 47.9 Å². The van der Waals surface area contributed by atoms with E-state index >= 15 is 0 Å². The number of carbonyl (C=O) groups is 2. The smallest absolute Gasteiger partial charge is 0.221 e. The molecule has 1 N–H and O–H groups in total. The summed E-state index contributed by atoms with van der Waals surface area (Å²) in [6, 6.07) is 12.8. The Hall–Kier alpha value is -3.15. The van der Waals surface area contributed by atoms with Crippen molar-refractivity contribution in [2.24, 2.45) is 4.99 Å². The van der Waals surface area contributed by atoms with Gasteiger partial charge in [0.2, 0.25) is 5.91 Å². The third-order valence-electron chi connectivity index (χ3n) is 4.71. The Morgan fingerprint density at radius 2 is 1.79 bits per heavy atom. The Morgan fingerprint density at radius 1 is 1.07 bits per heavy atom. The zero-order chi connectivity index (χ0) is 20.1. The maximum absolute atomic E-state index is 12.4. The lowest BCUT2D eigenvalue weighted by molar-refractivity contribution is -0.120. The molecule has 28 heavy (non-hydrogen) atoms. The van der Waals surface area contributed by atoms with Gasteiger partial charge in [-0.3, -0.25) is 14.6 Å². The Bertz CT molecular complexity index is 903. The highest BCUT2D eigenvalue weighted by Crippen LogP contribution is 2.29. The largest absolute Gasteiger partial charge is 0.493 e. The molecule has 1 unspecified atom stereocenters. The predicted molar refractivity (Wildman–Crippen MR) is 109 cm³/mol. The first-order chi connectivity index (χ1) is 13.5. The molecule has 1 heterocycles. The van der Waals surface area contributed by atoms with Crippen LogP contribution in [0.5, 0.6) is 11.5 Å². The van der Waals surface area contributed by atoms with Gasteiger partial charge in [-0.15, -0.1) is 0 Å². The normalized spacial score (nSPS) is 16.3. The standard InChI is InChI=1S/C22H24N2O4/c1-14(25)23-17-7-4-15(5-8-17)12-19-20(26)10-9-18(24-19)16-6-11-21(27-2)22(13-16)28-3/h4-8,11,13,19H,9-10,12H2,1-3H3,(H,23,25). The molecule has 0 radical (unpaired) electrons. The third-order valence-corrected chi connectivity index (χ3v) is 4.71. The zero-order valence-electron chi connectivity index (χ0n) is 16.3. The Morgan fingerprint density at radius 3 is 2.43 bits per heavy atom. The first-order valence-corrected chi connectivity index (χ1v) is 9.18. The van der Waals surface area contributed by atoms with Crippen molar-refractivity contribution in [2.45, 2.75) is 32.2 Å². The molecule has 0 saturated carbocycles. The monoisotopic (exact) mass is 380 g/mol. The van der Waals surface area contributed by atoms with E-state index < -0.39 is 6.04 Å². The number of aliphatic imine (C=N–C) groups is 1. The second-order valence-corrected chi connectivity index (χ2v) is 6.71. The Labute approximate surface area is 164 Å². The van der Waals surface area contributed by atoms with Crippen molar-refractivity contribution in [1.29, 1.82) is 0 Å². The van der Waals surface area contributed by atoms with Crippen LogP contribution >= 0.6 is 0 Å². The van der Waals surface area contributed by atoms with Crippen molar-refractivity contribution in [3.63, 3.8) is 0 Å². The summed E-state index contributed by atoms with van der Waals surface area (Å²) in [5.41, 5.74) is 3.59. The fourth-order valence-electron chi connectivity index (χ4n) is 3.28. The van der Waals surface area contributed by atoms with Gasteiger partial charge in [0.05, 0.1) is 14.2 Å². The molecule has 0 bridgehead atoms. The van der Waals surface area contributed by atoms with Crippen LogP contribution in [0.3, 0.4) is 0 Å². The molecule has 0 aromatic heterocycles. The van der Waals surface area contributed by atoms with E-state index in [4.69, 9.17) is 14.5 Å². The van der Waals surface area contributed by atoms with Gasteiger partial charge < -0.3 is 14.8 Å². The molecule has 6 nitrogen and oxygen atoms in total. The molecular weight excluding hydrogens is 356 g/mol. The van der Waals surface area contributed by atoms with E-state index in [0.29, 0.717) is 30.8 Å². The first kappa shape index (κ1) is 19.6. The van der Waals surface area contributed by atoms with Crippen molar-refractivity contribution in [3.8, 4) is 11.5 Å². The van der Waals surface area contributed by atoms with Crippen molar-refractivity contribution < 1.29 is 19.1 Å². The van der Waals surface area contributed by atoms with Crippen LogP contribution in [0.4, 0.5) is 5.69 Å². The van der Waals surface area contributed by atoms with E-state index in [0.717, 1.165) is 22.5 Å². The average molecular weight is 380 g/mol. The van der Waals surface area contributed by atoms with E-state index in [1.807, 2.05) is 42.5 Å². The molecule has 0 aliphatic carbocycles. The molecule has 1 aliphatic rings. The lowest BCUT2D eigenvalue weighted by atomic mass is 9.93. The fraction of sp³-hybridized carbons (Fsp3) is 0.318. The second kappa shape index (κ2) is 8.69. The topological polar surface area (TPSA) is 77.0 Å². The van der Waals surface area contributed by atoms with Gasteiger partial charge in [0, 0.05) is 31.2 Å². The van der Waals surface area contributed by atoms with Crippen LogP contribution in [0.2, 0.25) is 0 Å². The summed E-state index contributed by atoms with van der Waals surface area (Å²) >= 11 is 0. The summed E-state index contributed by atoms with van der Waals surface area (Å²) < 4.78 is 10.7. The molecule has 0 fully saturated rings. The molecule has 1 aliphatic heterocycles. The van der Waals surface area contributed by atoms with Crippen LogP contribution in [-0.2, 0) is 16.0 Å². The van der Waals surface area contributed by atoms with Gasteiger partial charge in [0.25, 0.3) is 0 Å². The number of benzene rings is 2. The number of amides is 1. The number of ketones is 1. The van der Waals surface area contributed by atoms with Crippen molar-refractivity contribution in [1.82, 2.24) is 0 Å². The summed E-state index contributed by atoms with van der Waals surface area (Å²) in [6.45, 7) is 1.47. The van der Waals surface area contributed by atoms with Crippen LogP contribution in [0.25, 0.3) is 0 Å². The third kappa shape index (κ3) is 4.57. The summed E-state index contributed by atoms with van der Waals surface area (Å²) in [5, 5.41) is 2.74. The van der Waals surface area contributed by atoms with Gasteiger partial charge in [0.1, 0.15) is 6.04 Å². The number of ether oxygens (including phenoxy) is 2. The summed E-state index contributed by atoms with van der Waals surface area (Å²) in [7, 11) is 3.20. The molecule has 3 rings (SSSR count).